The fourth-order valence-electron chi connectivity index (χ4n) is 1.74. The Balaban J connectivity index is 2.16. The quantitative estimate of drug-likeness (QED) is 0.406. The summed E-state index contributed by atoms with van der Waals surface area (Å²) in [6, 6.07) is 7.81. The number of non-ortho nitro benzene ring substituents is 1. The van der Waals surface area contributed by atoms with Gasteiger partial charge in [-0.3, -0.25) is 10.1 Å². The van der Waals surface area contributed by atoms with Gasteiger partial charge in [-0.15, -0.1) is 0 Å². The number of rotatable bonds is 2. The van der Waals surface area contributed by atoms with E-state index in [1.807, 2.05) is 0 Å². The lowest BCUT2D eigenvalue weighted by Crippen LogP contribution is -1.87. The largest absolute Gasteiger partial charge is 0.438 e. The van der Waals surface area contributed by atoms with Gasteiger partial charge in [-0.2, -0.15) is 0 Å². The first kappa shape index (κ1) is 11.6. The number of furan rings is 1. The first-order chi connectivity index (χ1) is 9.15. The fourth-order valence-corrected chi connectivity index (χ4v) is 1.92. The molecule has 19 heavy (non-hydrogen) atoms. The van der Waals surface area contributed by atoms with Crippen LogP contribution in [0.2, 0.25) is 5.15 Å². The van der Waals surface area contributed by atoms with Crippen molar-refractivity contribution in [2.45, 2.75) is 0 Å². The Hall–Kier alpha value is -2.47. The summed E-state index contributed by atoms with van der Waals surface area (Å²) >= 11 is 5.92. The number of nitro groups is 1. The number of fused-ring (bicyclic) bond motifs is 1. The number of nitrogens with zero attached hydrogens (tertiary/aromatic N) is 3. The molecule has 0 aliphatic rings. The minimum atomic E-state index is -0.459. The van der Waals surface area contributed by atoms with E-state index in [9.17, 15) is 10.1 Å². The average molecular weight is 276 g/mol. The van der Waals surface area contributed by atoms with E-state index in [0.717, 1.165) is 0 Å². The number of aromatic nitrogens is 2. The maximum absolute atomic E-state index is 10.7. The Morgan fingerprint density at radius 2 is 2.11 bits per heavy atom. The van der Waals surface area contributed by atoms with Crippen molar-refractivity contribution in [3.8, 4) is 11.3 Å². The summed E-state index contributed by atoms with van der Waals surface area (Å²) in [5.74, 6) is 0.459. The molecule has 0 bridgehead atoms. The highest BCUT2D eigenvalue weighted by atomic mass is 35.5. The number of benzene rings is 1. The van der Waals surface area contributed by atoms with Crippen LogP contribution in [0.5, 0.6) is 0 Å². The molecule has 2 aromatic heterocycles. The second-order valence-electron chi connectivity index (χ2n) is 3.80. The lowest BCUT2D eigenvalue weighted by atomic mass is 10.1. The lowest BCUT2D eigenvalue weighted by molar-refractivity contribution is -0.384. The highest BCUT2D eigenvalue weighted by Crippen LogP contribution is 2.31. The van der Waals surface area contributed by atoms with Crippen LogP contribution < -0.4 is 0 Å². The van der Waals surface area contributed by atoms with E-state index in [-0.39, 0.29) is 10.8 Å². The molecule has 0 saturated heterocycles. The maximum Gasteiger partial charge on any atom is 0.270 e. The highest BCUT2D eigenvalue weighted by Gasteiger charge is 2.13. The normalized spacial score (nSPS) is 10.8. The summed E-state index contributed by atoms with van der Waals surface area (Å²) in [5.41, 5.74) is 0.930. The van der Waals surface area contributed by atoms with Crippen LogP contribution in [0.15, 0.2) is 41.1 Å². The molecule has 0 aliphatic carbocycles. The second kappa shape index (κ2) is 4.33. The third-order valence-corrected chi connectivity index (χ3v) is 2.92. The molecule has 0 saturated carbocycles. The van der Waals surface area contributed by atoms with Crippen molar-refractivity contribution >= 4 is 28.4 Å². The molecule has 7 heteroatoms. The molecular formula is C12H6ClN3O3. The van der Waals surface area contributed by atoms with Crippen LogP contribution in [0.25, 0.3) is 22.4 Å². The van der Waals surface area contributed by atoms with Gasteiger partial charge in [0.05, 0.1) is 10.3 Å². The van der Waals surface area contributed by atoms with Gasteiger partial charge in [0, 0.05) is 17.7 Å². The molecule has 2 heterocycles. The molecule has 0 unspecified atom stereocenters. The standard InChI is InChI=1S/C12H6ClN3O3/c13-11-9-5-10(19-12(9)15-6-14-11)7-2-1-3-8(4-7)16(17)18/h1-6H. The zero-order chi connectivity index (χ0) is 13.4. The van der Waals surface area contributed by atoms with Crippen molar-refractivity contribution in [3.63, 3.8) is 0 Å². The molecule has 0 amide bonds. The molecule has 0 N–H and O–H groups in total. The lowest BCUT2D eigenvalue weighted by Gasteiger charge is -1.95. The van der Waals surface area contributed by atoms with E-state index in [1.54, 1.807) is 18.2 Å². The molecular weight excluding hydrogens is 270 g/mol. The zero-order valence-electron chi connectivity index (χ0n) is 9.41. The number of halogens is 1. The Kier molecular flexibility index (Phi) is 2.64. The fraction of sp³-hybridized carbons (Fsp3) is 0. The van der Waals surface area contributed by atoms with Gasteiger partial charge in [-0.25, -0.2) is 9.97 Å². The van der Waals surface area contributed by atoms with Crippen molar-refractivity contribution in [2.75, 3.05) is 0 Å². The molecule has 1 aromatic carbocycles. The minimum absolute atomic E-state index is 0.00450. The number of hydrogen-bond acceptors (Lipinski definition) is 5. The summed E-state index contributed by atoms with van der Waals surface area (Å²) in [6.45, 7) is 0. The molecule has 3 rings (SSSR count). The van der Waals surface area contributed by atoms with E-state index < -0.39 is 4.92 Å². The summed E-state index contributed by atoms with van der Waals surface area (Å²) in [6.07, 6.45) is 1.30. The van der Waals surface area contributed by atoms with Crippen LogP contribution >= 0.6 is 11.6 Å². The van der Waals surface area contributed by atoms with Gasteiger partial charge < -0.3 is 4.42 Å². The van der Waals surface area contributed by atoms with Crippen molar-refractivity contribution in [1.82, 2.24) is 9.97 Å². The molecule has 3 aromatic rings. The second-order valence-corrected chi connectivity index (χ2v) is 4.16. The van der Waals surface area contributed by atoms with E-state index >= 15 is 0 Å². The molecule has 0 radical (unpaired) electrons. The van der Waals surface area contributed by atoms with Crippen molar-refractivity contribution in [1.29, 1.82) is 0 Å². The van der Waals surface area contributed by atoms with Gasteiger partial charge in [0.25, 0.3) is 5.69 Å². The van der Waals surface area contributed by atoms with Crippen molar-refractivity contribution < 1.29 is 9.34 Å². The Morgan fingerprint density at radius 3 is 2.84 bits per heavy atom. The Morgan fingerprint density at radius 1 is 1.26 bits per heavy atom. The first-order valence-electron chi connectivity index (χ1n) is 5.30. The predicted octanol–water partition coefficient (Wildman–Crippen LogP) is 3.45. The molecule has 0 aliphatic heterocycles. The first-order valence-corrected chi connectivity index (χ1v) is 5.68. The van der Waals surface area contributed by atoms with Gasteiger partial charge >= 0.3 is 0 Å². The molecule has 94 valence electrons. The van der Waals surface area contributed by atoms with Gasteiger partial charge in [0.15, 0.2) is 0 Å². The maximum atomic E-state index is 10.7. The minimum Gasteiger partial charge on any atom is -0.438 e. The SMILES string of the molecule is O=[N+]([O-])c1cccc(-c2cc3c(Cl)ncnc3o2)c1. The Labute approximate surface area is 111 Å². The van der Waals surface area contributed by atoms with Crippen LogP contribution in [0.3, 0.4) is 0 Å². The topological polar surface area (TPSA) is 82.1 Å². The van der Waals surface area contributed by atoms with E-state index in [2.05, 4.69) is 9.97 Å². The van der Waals surface area contributed by atoms with E-state index in [4.69, 9.17) is 16.0 Å². The summed E-state index contributed by atoms with van der Waals surface area (Å²) in [7, 11) is 0. The van der Waals surface area contributed by atoms with Gasteiger partial charge in [-0.05, 0) is 6.07 Å². The van der Waals surface area contributed by atoms with E-state index in [0.29, 0.717) is 22.4 Å². The molecule has 0 spiro atoms. The number of hydrogen-bond donors (Lipinski definition) is 0. The number of nitro benzene ring substituents is 1. The monoisotopic (exact) mass is 275 g/mol. The van der Waals surface area contributed by atoms with Crippen molar-refractivity contribution in [2.24, 2.45) is 0 Å². The van der Waals surface area contributed by atoms with Crippen LogP contribution in [-0.4, -0.2) is 14.9 Å². The predicted molar refractivity (Wildman–Crippen MR) is 68.9 cm³/mol. The molecule has 6 nitrogen and oxygen atoms in total. The van der Waals surface area contributed by atoms with E-state index in [1.165, 1.54) is 18.5 Å². The van der Waals surface area contributed by atoms with Gasteiger partial charge in [0.1, 0.15) is 17.2 Å². The van der Waals surface area contributed by atoms with Gasteiger partial charge in [0.2, 0.25) is 5.71 Å². The van der Waals surface area contributed by atoms with Crippen LogP contribution in [0.1, 0.15) is 0 Å². The van der Waals surface area contributed by atoms with Crippen LogP contribution in [0, 0.1) is 10.1 Å². The molecule has 0 atom stereocenters. The third-order valence-electron chi connectivity index (χ3n) is 2.62. The van der Waals surface area contributed by atoms with Gasteiger partial charge in [-0.1, -0.05) is 23.7 Å². The smallest absolute Gasteiger partial charge is 0.270 e. The Bertz CT molecular complexity index is 785. The zero-order valence-corrected chi connectivity index (χ0v) is 10.2. The van der Waals surface area contributed by atoms with Crippen molar-refractivity contribution in [3.05, 3.63) is 51.9 Å². The molecule has 0 fully saturated rings. The average Bonchev–Trinajstić information content (AvgIpc) is 2.84. The van der Waals surface area contributed by atoms with Crippen LogP contribution in [-0.2, 0) is 0 Å². The third kappa shape index (κ3) is 2.02. The summed E-state index contributed by atoms with van der Waals surface area (Å²) in [5, 5.41) is 11.6. The summed E-state index contributed by atoms with van der Waals surface area (Å²) in [4.78, 5) is 18.1. The summed E-state index contributed by atoms with van der Waals surface area (Å²) < 4.78 is 5.51. The highest BCUT2D eigenvalue weighted by molar-refractivity contribution is 6.33. The van der Waals surface area contributed by atoms with Crippen LogP contribution in [0.4, 0.5) is 5.69 Å².